The van der Waals surface area contributed by atoms with E-state index in [4.69, 9.17) is 14.6 Å². The van der Waals surface area contributed by atoms with Gasteiger partial charge in [-0.2, -0.15) is 5.10 Å². The second kappa shape index (κ2) is 4.86. The predicted molar refractivity (Wildman–Crippen MR) is 64.1 cm³/mol. The minimum atomic E-state index is 0.274. The van der Waals surface area contributed by atoms with Crippen LogP contribution in [0.25, 0.3) is 11.5 Å². The fourth-order valence-corrected chi connectivity index (χ4v) is 1.72. The van der Waals surface area contributed by atoms with Gasteiger partial charge in [-0.25, -0.2) is 0 Å². The van der Waals surface area contributed by atoms with Crippen molar-refractivity contribution >= 4 is 5.90 Å². The van der Waals surface area contributed by atoms with Gasteiger partial charge in [0.05, 0.1) is 13.4 Å². The summed E-state index contributed by atoms with van der Waals surface area (Å²) in [4.78, 5) is 0. The monoisotopic (exact) mass is 233 g/mol. The molecule has 0 atom stereocenters. The SMILES string of the molecule is COC(=N)CCc1c(-c2ccco2)n[nH]c1C. The van der Waals surface area contributed by atoms with Crippen LogP contribution in [0.5, 0.6) is 0 Å². The molecule has 2 aromatic heterocycles. The number of hydrogen-bond donors (Lipinski definition) is 2. The zero-order valence-electron chi connectivity index (χ0n) is 9.91. The van der Waals surface area contributed by atoms with Crippen molar-refractivity contribution in [1.29, 1.82) is 5.41 Å². The molecule has 0 aliphatic heterocycles. The largest absolute Gasteiger partial charge is 0.484 e. The first-order valence-electron chi connectivity index (χ1n) is 5.41. The number of nitrogens with zero attached hydrogens (tertiary/aromatic N) is 1. The van der Waals surface area contributed by atoms with Gasteiger partial charge in [0.1, 0.15) is 5.69 Å². The van der Waals surface area contributed by atoms with E-state index in [-0.39, 0.29) is 5.90 Å². The molecule has 0 aromatic carbocycles. The number of aromatic amines is 1. The summed E-state index contributed by atoms with van der Waals surface area (Å²) in [7, 11) is 1.51. The van der Waals surface area contributed by atoms with Crippen LogP contribution in [0.1, 0.15) is 17.7 Å². The minimum absolute atomic E-state index is 0.274. The average molecular weight is 233 g/mol. The van der Waals surface area contributed by atoms with E-state index in [1.165, 1.54) is 7.11 Å². The van der Waals surface area contributed by atoms with Gasteiger partial charge in [-0.3, -0.25) is 10.5 Å². The van der Waals surface area contributed by atoms with Gasteiger partial charge in [-0.05, 0) is 25.5 Å². The molecule has 90 valence electrons. The molecule has 0 saturated heterocycles. The van der Waals surface area contributed by atoms with Crippen LogP contribution >= 0.6 is 0 Å². The molecule has 0 fully saturated rings. The number of nitrogens with one attached hydrogen (secondary N) is 2. The molecule has 2 rings (SSSR count). The van der Waals surface area contributed by atoms with E-state index in [0.717, 1.165) is 22.7 Å². The van der Waals surface area contributed by atoms with Crippen LogP contribution in [-0.4, -0.2) is 23.2 Å². The standard InChI is InChI=1S/C12H15N3O2/c1-8-9(5-6-11(13)16-2)12(15-14-8)10-4-3-7-17-10/h3-4,7,13H,5-6H2,1-2H3,(H,14,15). The molecule has 0 amide bonds. The van der Waals surface area contributed by atoms with Crippen LogP contribution in [-0.2, 0) is 11.2 Å². The average Bonchev–Trinajstić information content (AvgIpc) is 2.95. The fraction of sp³-hybridized carbons (Fsp3) is 0.333. The van der Waals surface area contributed by atoms with E-state index in [1.54, 1.807) is 6.26 Å². The van der Waals surface area contributed by atoms with Crippen molar-refractivity contribution in [3.8, 4) is 11.5 Å². The maximum atomic E-state index is 7.48. The highest BCUT2D eigenvalue weighted by molar-refractivity contribution is 5.73. The van der Waals surface area contributed by atoms with Crippen LogP contribution in [0.3, 0.4) is 0 Å². The summed E-state index contributed by atoms with van der Waals surface area (Å²) in [6, 6.07) is 3.71. The van der Waals surface area contributed by atoms with Crippen molar-refractivity contribution in [2.75, 3.05) is 7.11 Å². The van der Waals surface area contributed by atoms with E-state index in [1.807, 2.05) is 19.1 Å². The number of aromatic nitrogens is 2. The number of hydrogen-bond acceptors (Lipinski definition) is 4. The summed E-state index contributed by atoms with van der Waals surface area (Å²) in [6.45, 7) is 1.96. The summed E-state index contributed by atoms with van der Waals surface area (Å²) in [5.74, 6) is 1.02. The summed E-state index contributed by atoms with van der Waals surface area (Å²) >= 11 is 0. The normalized spacial score (nSPS) is 10.5. The predicted octanol–water partition coefficient (Wildman–Crippen LogP) is 2.53. The van der Waals surface area contributed by atoms with Gasteiger partial charge < -0.3 is 9.15 Å². The Labute approximate surface area is 99.3 Å². The van der Waals surface area contributed by atoms with Crippen molar-refractivity contribution < 1.29 is 9.15 Å². The van der Waals surface area contributed by atoms with Crippen molar-refractivity contribution in [2.45, 2.75) is 19.8 Å². The number of rotatable bonds is 4. The molecule has 0 spiro atoms. The maximum Gasteiger partial charge on any atom is 0.180 e. The van der Waals surface area contributed by atoms with Crippen LogP contribution in [0.15, 0.2) is 22.8 Å². The van der Waals surface area contributed by atoms with E-state index < -0.39 is 0 Å². The fourth-order valence-electron chi connectivity index (χ4n) is 1.72. The van der Waals surface area contributed by atoms with E-state index in [2.05, 4.69) is 10.2 Å². The molecule has 2 N–H and O–H groups in total. The number of H-pyrrole nitrogens is 1. The molecule has 0 radical (unpaired) electrons. The molecule has 5 heteroatoms. The van der Waals surface area contributed by atoms with Crippen molar-refractivity contribution in [3.63, 3.8) is 0 Å². The van der Waals surface area contributed by atoms with Gasteiger partial charge in [0.15, 0.2) is 11.7 Å². The topological polar surface area (TPSA) is 74.9 Å². The first-order chi connectivity index (χ1) is 8.22. The Kier molecular flexibility index (Phi) is 3.27. The zero-order valence-corrected chi connectivity index (χ0v) is 9.91. The molecule has 2 aromatic rings. The highest BCUT2D eigenvalue weighted by Gasteiger charge is 2.14. The molecule has 0 aliphatic carbocycles. The van der Waals surface area contributed by atoms with Crippen LogP contribution in [0.4, 0.5) is 0 Å². The first kappa shape index (κ1) is 11.4. The Balaban J connectivity index is 2.21. The number of furan rings is 1. The third kappa shape index (κ3) is 2.38. The quantitative estimate of drug-likeness (QED) is 0.629. The summed E-state index contributed by atoms with van der Waals surface area (Å²) < 4.78 is 10.2. The number of ether oxygens (including phenoxy) is 1. The van der Waals surface area contributed by atoms with Crippen molar-refractivity contribution in [1.82, 2.24) is 10.2 Å². The van der Waals surface area contributed by atoms with Gasteiger partial charge in [0.2, 0.25) is 0 Å². The Morgan fingerprint density at radius 3 is 3.06 bits per heavy atom. The minimum Gasteiger partial charge on any atom is -0.484 e. The number of aryl methyl sites for hydroxylation is 1. The lowest BCUT2D eigenvalue weighted by Crippen LogP contribution is -2.01. The molecule has 0 aliphatic rings. The Hall–Kier alpha value is -2.04. The zero-order chi connectivity index (χ0) is 12.3. The van der Waals surface area contributed by atoms with Crippen LogP contribution in [0, 0.1) is 12.3 Å². The molecule has 2 heterocycles. The van der Waals surface area contributed by atoms with Crippen molar-refractivity contribution in [3.05, 3.63) is 29.7 Å². The van der Waals surface area contributed by atoms with Crippen molar-refractivity contribution in [2.24, 2.45) is 0 Å². The third-order valence-corrected chi connectivity index (χ3v) is 2.68. The van der Waals surface area contributed by atoms with Gasteiger partial charge in [-0.15, -0.1) is 0 Å². The second-order valence-electron chi connectivity index (χ2n) is 3.78. The van der Waals surface area contributed by atoms with E-state index in [9.17, 15) is 0 Å². The van der Waals surface area contributed by atoms with Gasteiger partial charge in [-0.1, -0.05) is 0 Å². The lowest BCUT2D eigenvalue weighted by molar-refractivity contribution is 0.386. The van der Waals surface area contributed by atoms with Gasteiger partial charge in [0.25, 0.3) is 0 Å². The number of methoxy groups -OCH3 is 1. The molecular formula is C12H15N3O2. The summed E-state index contributed by atoms with van der Waals surface area (Å²) in [5, 5.41) is 14.7. The smallest absolute Gasteiger partial charge is 0.180 e. The molecule has 0 unspecified atom stereocenters. The first-order valence-corrected chi connectivity index (χ1v) is 5.41. The Morgan fingerprint density at radius 1 is 1.59 bits per heavy atom. The second-order valence-corrected chi connectivity index (χ2v) is 3.78. The summed E-state index contributed by atoms with van der Waals surface area (Å²) in [5.41, 5.74) is 2.89. The highest BCUT2D eigenvalue weighted by Crippen LogP contribution is 2.25. The lowest BCUT2D eigenvalue weighted by atomic mass is 10.1. The van der Waals surface area contributed by atoms with E-state index >= 15 is 0 Å². The molecule has 0 saturated carbocycles. The Bertz CT molecular complexity index is 500. The summed E-state index contributed by atoms with van der Waals surface area (Å²) in [6.07, 6.45) is 2.90. The van der Waals surface area contributed by atoms with Crippen LogP contribution in [0.2, 0.25) is 0 Å². The molecule has 17 heavy (non-hydrogen) atoms. The van der Waals surface area contributed by atoms with Crippen LogP contribution < -0.4 is 0 Å². The maximum absolute atomic E-state index is 7.48. The van der Waals surface area contributed by atoms with Gasteiger partial charge in [0, 0.05) is 17.7 Å². The van der Waals surface area contributed by atoms with Gasteiger partial charge >= 0.3 is 0 Å². The molecular weight excluding hydrogens is 218 g/mol. The Morgan fingerprint density at radius 2 is 2.41 bits per heavy atom. The molecule has 5 nitrogen and oxygen atoms in total. The third-order valence-electron chi connectivity index (χ3n) is 2.68. The molecule has 0 bridgehead atoms. The highest BCUT2D eigenvalue weighted by atomic mass is 16.5. The lowest BCUT2D eigenvalue weighted by Gasteiger charge is -2.03. The van der Waals surface area contributed by atoms with E-state index in [0.29, 0.717) is 12.8 Å².